The molecule has 0 bridgehead atoms. The first kappa shape index (κ1) is 12.6. The van der Waals surface area contributed by atoms with Gasteiger partial charge in [-0.15, -0.1) is 0 Å². The van der Waals surface area contributed by atoms with Crippen molar-refractivity contribution in [1.29, 1.82) is 0 Å². The fourth-order valence-electron chi connectivity index (χ4n) is 1.47. The Bertz CT molecular complexity index is 591. The van der Waals surface area contributed by atoms with E-state index in [1.54, 1.807) is 19.2 Å². The quantitative estimate of drug-likeness (QED) is 0.644. The van der Waals surface area contributed by atoms with Crippen LogP contribution in [0.15, 0.2) is 47.2 Å². The number of rotatable bonds is 3. The maximum absolute atomic E-state index is 11.9. The topological polar surface area (TPSA) is 42.9 Å². The zero-order chi connectivity index (χ0) is 13.0. The highest BCUT2D eigenvalue weighted by Gasteiger charge is 2.07. The molecular weight excluding hydrogens is 292 g/mol. The molecule has 2 rings (SSSR count). The minimum atomic E-state index is -0.136. The van der Waals surface area contributed by atoms with Gasteiger partial charge in [0, 0.05) is 16.9 Å². The lowest BCUT2D eigenvalue weighted by molar-refractivity contribution is 0.104. The molecule has 0 aliphatic rings. The summed E-state index contributed by atoms with van der Waals surface area (Å²) >= 11 is 3.36. The summed E-state index contributed by atoms with van der Waals surface area (Å²) in [5.74, 6) is -0.136. The number of aryl methyl sites for hydroxylation is 1. The van der Waals surface area contributed by atoms with Gasteiger partial charge in [-0.05, 0) is 30.7 Å². The van der Waals surface area contributed by atoms with Gasteiger partial charge in [-0.1, -0.05) is 34.1 Å². The molecule has 1 aromatic carbocycles. The van der Waals surface area contributed by atoms with E-state index in [9.17, 15) is 4.79 Å². The van der Waals surface area contributed by atoms with Crippen LogP contribution in [-0.2, 0) is 0 Å². The predicted octanol–water partition coefficient (Wildman–Crippen LogP) is 3.44. The molecule has 1 heterocycles. The highest BCUT2D eigenvalue weighted by Crippen LogP contribution is 2.12. The third-order valence-corrected chi connectivity index (χ3v) is 2.94. The summed E-state index contributed by atoms with van der Waals surface area (Å²) in [7, 11) is 0. The molecule has 0 unspecified atom stereocenters. The van der Waals surface area contributed by atoms with Crippen molar-refractivity contribution in [1.82, 2.24) is 9.97 Å². The largest absolute Gasteiger partial charge is 0.287 e. The molecule has 2 aromatic rings. The molecular formula is C14H11BrN2O. The molecule has 90 valence electrons. The van der Waals surface area contributed by atoms with E-state index in [0.717, 1.165) is 10.0 Å². The van der Waals surface area contributed by atoms with Crippen LogP contribution in [0.25, 0.3) is 6.08 Å². The predicted molar refractivity (Wildman–Crippen MR) is 74.3 cm³/mol. The van der Waals surface area contributed by atoms with Crippen molar-refractivity contribution < 1.29 is 4.79 Å². The van der Waals surface area contributed by atoms with Gasteiger partial charge in [-0.3, -0.25) is 9.78 Å². The molecule has 0 amide bonds. The van der Waals surface area contributed by atoms with E-state index in [0.29, 0.717) is 11.4 Å². The smallest absolute Gasteiger partial charge is 0.206 e. The summed E-state index contributed by atoms with van der Waals surface area (Å²) in [4.78, 5) is 20.0. The minimum Gasteiger partial charge on any atom is -0.287 e. The highest BCUT2D eigenvalue weighted by molar-refractivity contribution is 9.10. The molecule has 0 spiro atoms. The number of hydrogen-bond acceptors (Lipinski definition) is 3. The minimum absolute atomic E-state index is 0.136. The fraction of sp³-hybridized carbons (Fsp3) is 0.0714. The van der Waals surface area contributed by atoms with E-state index in [4.69, 9.17) is 0 Å². The summed E-state index contributed by atoms with van der Waals surface area (Å²) < 4.78 is 1.01. The lowest BCUT2D eigenvalue weighted by Gasteiger charge is -1.98. The van der Waals surface area contributed by atoms with E-state index < -0.39 is 0 Å². The summed E-state index contributed by atoms with van der Waals surface area (Å²) in [6, 6.07) is 7.71. The third kappa shape index (κ3) is 3.11. The van der Waals surface area contributed by atoms with Crippen LogP contribution in [0, 0.1) is 6.92 Å². The summed E-state index contributed by atoms with van der Waals surface area (Å²) in [5, 5.41) is 0. The Morgan fingerprint density at radius 1 is 1.17 bits per heavy atom. The van der Waals surface area contributed by atoms with Crippen molar-refractivity contribution >= 4 is 27.8 Å². The second kappa shape index (κ2) is 5.69. The van der Waals surface area contributed by atoms with Crippen LogP contribution in [0.4, 0.5) is 0 Å². The Labute approximate surface area is 114 Å². The molecule has 0 fully saturated rings. The standard InChI is InChI=1S/C14H11BrN2O/c1-10-14(17-9-8-16-10)13(18)7-4-11-2-5-12(15)6-3-11/h2-9H,1H3/b7-4+. The van der Waals surface area contributed by atoms with Gasteiger partial charge in [0.25, 0.3) is 0 Å². The Balaban J connectivity index is 2.17. The van der Waals surface area contributed by atoms with Gasteiger partial charge in [0.15, 0.2) is 0 Å². The Morgan fingerprint density at radius 2 is 1.83 bits per heavy atom. The van der Waals surface area contributed by atoms with Crippen molar-refractivity contribution in [3.63, 3.8) is 0 Å². The number of allylic oxidation sites excluding steroid dienone is 1. The van der Waals surface area contributed by atoms with Gasteiger partial charge in [0.1, 0.15) is 5.69 Å². The van der Waals surface area contributed by atoms with Crippen molar-refractivity contribution in [3.05, 3.63) is 64.2 Å². The van der Waals surface area contributed by atoms with Gasteiger partial charge in [0.2, 0.25) is 5.78 Å². The van der Waals surface area contributed by atoms with Gasteiger partial charge < -0.3 is 0 Å². The van der Waals surface area contributed by atoms with E-state index in [1.807, 2.05) is 24.3 Å². The van der Waals surface area contributed by atoms with Crippen LogP contribution in [0.3, 0.4) is 0 Å². The summed E-state index contributed by atoms with van der Waals surface area (Å²) in [6.07, 6.45) is 6.38. The van der Waals surface area contributed by atoms with E-state index in [2.05, 4.69) is 25.9 Å². The Morgan fingerprint density at radius 3 is 2.50 bits per heavy atom. The van der Waals surface area contributed by atoms with Crippen LogP contribution >= 0.6 is 15.9 Å². The number of carbonyl (C=O) groups is 1. The highest BCUT2D eigenvalue weighted by atomic mass is 79.9. The Hall–Kier alpha value is -1.81. The fourth-order valence-corrected chi connectivity index (χ4v) is 1.74. The Kier molecular flexibility index (Phi) is 3.99. The normalized spacial score (nSPS) is 10.8. The molecule has 0 radical (unpaired) electrons. The van der Waals surface area contributed by atoms with Crippen LogP contribution in [0.1, 0.15) is 21.7 Å². The molecule has 4 heteroatoms. The lowest BCUT2D eigenvalue weighted by atomic mass is 10.1. The molecule has 1 aromatic heterocycles. The van der Waals surface area contributed by atoms with Crippen LogP contribution in [-0.4, -0.2) is 15.8 Å². The van der Waals surface area contributed by atoms with Gasteiger partial charge in [0.05, 0.1) is 5.69 Å². The molecule has 3 nitrogen and oxygen atoms in total. The molecule has 0 N–H and O–H groups in total. The van der Waals surface area contributed by atoms with Crippen LogP contribution in [0.2, 0.25) is 0 Å². The number of nitrogens with zero attached hydrogens (tertiary/aromatic N) is 2. The molecule has 0 saturated carbocycles. The first-order valence-corrected chi connectivity index (χ1v) is 6.22. The van der Waals surface area contributed by atoms with Crippen molar-refractivity contribution in [2.45, 2.75) is 6.92 Å². The molecule has 0 saturated heterocycles. The maximum Gasteiger partial charge on any atom is 0.206 e. The monoisotopic (exact) mass is 302 g/mol. The second-order valence-corrected chi connectivity index (χ2v) is 4.66. The number of hydrogen-bond donors (Lipinski definition) is 0. The number of benzene rings is 1. The first-order valence-electron chi connectivity index (χ1n) is 5.42. The van der Waals surface area contributed by atoms with Crippen molar-refractivity contribution in [3.8, 4) is 0 Å². The van der Waals surface area contributed by atoms with E-state index in [-0.39, 0.29) is 5.78 Å². The lowest BCUT2D eigenvalue weighted by Crippen LogP contribution is -2.02. The molecule has 0 aliphatic carbocycles. The second-order valence-electron chi connectivity index (χ2n) is 3.74. The van der Waals surface area contributed by atoms with E-state index in [1.165, 1.54) is 12.3 Å². The number of halogens is 1. The van der Waals surface area contributed by atoms with Gasteiger partial charge in [-0.2, -0.15) is 0 Å². The molecule has 0 atom stereocenters. The van der Waals surface area contributed by atoms with Gasteiger partial charge >= 0.3 is 0 Å². The van der Waals surface area contributed by atoms with Crippen LogP contribution in [0.5, 0.6) is 0 Å². The van der Waals surface area contributed by atoms with Crippen LogP contribution < -0.4 is 0 Å². The average molecular weight is 303 g/mol. The number of aromatic nitrogens is 2. The van der Waals surface area contributed by atoms with Gasteiger partial charge in [-0.25, -0.2) is 4.98 Å². The van der Waals surface area contributed by atoms with Crippen molar-refractivity contribution in [2.24, 2.45) is 0 Å². The zero-order valence-corrected chi connectivity index (χ0v) is 11.4. The summed E-state index contributed by atoms with van der Waals surface area (Å²) in [5.41, 5.74) is 2.00. The number of ketones is 1. The van der Waals surface area contributed by atoms with E-state index >= 15 is 0 Å². The third-order valence-electron chi connectivity index (χ3n) is 2.41. The maximum atomic E-state index is 11.9. The first-order chi connectivity index (χ1) is 8.66. The number of carbonyl (C=O) groups excluding carboxylic acids is 1. The zero-order valence-electron chi connectivity index (χ0n) is 9.80. The summed E-state index contributed by atoms with van der Waals surface area (Å²) in [6.45, 7) is 1.77. The van der Waals surface area contributed by atoms with Crippen molar-refractivity contribution in [2.75, 3.05) is 0 Å². The average Bonchev–Trinajstić information content (AvgIpc) is 2.38. The SMILES string of the molecule is Cc1nccnc1C(=O)/C=C/c1ccc(Br)cc1. The molecule has 0 aliphatic heterocycles. The molecule has 18 heavy (non-hydrogen) atoms.